The number of sulfonamides is 1. The molecule has 1 N–H and O–H groups in total. The van der Waals surface area contributed by atoms with E-state index in [4.69, 9.17) is 16.3 Å². The molecule has 0 saturated carbocycles. The van der Waals surface area contributed by atoms with Gasteiger partial charge in [0.1, 0.15) is 21.6 Å². The van der Waals surface area contributed by atoms with Gasteiger partial charge >= 0.3 is 0 Å². The molecule has 0 aliphatic carbocycles. The average Bonchev–Trinajstić information content (AvgIpc) is 2.72. The smallest absolute Gasteiger partial charge is 0.254 e. The summed E-state index contributed by atoms with van der Waals surface area (Å²) in [5, 5.41) is 0.424. The van der Waals surface area contributed by atoms with Crippen molar-refractivity contribution in [1.82, 2.24) is 14.6 Å². The van der Waals surface area contributed by atoms with Gasteiger partial charge in [-0.3, -0.25) is 4.79 Å². The number of methoxy groups -OCH3 is 1. The van der Waals surface area contributed by atoms with Gasteiger partial charge in [0, 0.05) is 37.8 Å². The molecule has 0 spiro atoms. The fraction of sp³-hybridized carbons (Fsp3) is 0.400. The molecule has 2 heterocycles. The normalized spacial score (nSPS) is 14.8. The first-order valence-corrected chi connectivity index (χ1v) is 11.4. The number of amides is 1. The van der Waals surface area contributed by atoms with Crippen LogP contribution in [0.3, 0.4) is 0 Å². The average molecular weight is 453 g/mol. The monoisotopic (exact) mass is 452 g/mol. The molecule has 1 aromatic heterocycles. The Morgan fingerprint density at radius 2 is 1.87 bits per heavy atom. The molecule has 1 aromatic carbocycles. The third-order valence-corrected chi connectivity index (χ3v) is 6.57. The van der Waals surface area contributed by atoms with Crippen LogP contribution in [0, 0.1) is 0 Å². The van der Waals surface area contributed by atoms with Gasteiger partial charge in [0.2, 0.25) is 10.0 Å². The Hall–Kier alpha value is -2.36. The van der Waals surface area contributed by atoms with E-state index in [1.54, 1.807) is 30.9 Å². The number of aromatic nitrogens is 1. The van der Waals surface area contributed by atoms with Crippen LogP contribution in [0.25, 0.3) is 0 Å². The first kappa shape index (κ1) is 22.3. The highest BCUT2D eigenvalue weighted by Crippen LogP contribution is 2.26. The molecule has 0 bridgehead atoms. The molecular weight excluding hydrogens is 428 g/mol. The second-order valence-corrected chi connectivity index (χ2v) is 9.31. The lowest BCUT2D eigenvalue weighted by atomic mass is 10.1. The van der Waals surface area contributed by atoms with Crippen molar-refractivity contribution in [3.05, 3.63) is 47.1 Å². The Kier molecular flexibility index (Phi) is 6.84. The van der Waals surface area contributed by atoms with Crippen molar-refractivity contribution in [1.29, 1.82) is 0 Å². The maximum Gasteiger partial charge on any atom is 0.254 e. The Labute approximate surface area is 181 Å². The zero-order valence-electron chi connectivity index (χ0n) is 17.1. The number of anilines is 1. The van der Waals surface area contributed by atoms with Gasteiger partial charge < -0.3 is 14.5 Å². The van der Waals surface area contributed by atoms with Gasteiger partial charge in [0.15, 0.2) is 0 Å². The number of hydrogen-bond acceptors (Lipinski definition) is 6. The minimum absolute atomic E-state index is 0.0497. The Morgan fingerprint density at radius 1 is 1.17 bits per heavy atom. The molecule has 1 aliphatic rings. The number of pyridine rings is 1. The maximum absolute atomic E-state index is 13.0. The van der Waals surface area contributed by atoms with Crippen molar-refractivity contribution in [2.75, 3.05) is 38.2 Å². The molecule has 2 aromatic rings. The first-order chi connectivity index (χ1) is 14.2. The molecule has 0 unspecified atom stereocenters. The fourth-order valence-electron chi connectivity index (χ4n) is 3.29. The molecule has 8 nitrogen and oxygen atoms in total. The summed E-state index contributed by atoms with van der Waals surface area (Å²) in [6.45, 7) is 5.65. The van der Waals surface area contributed by atoms with E-state index >= 15 is 0 Å². The summed E-state index contributed by atoms with van der Waals surface area (Å²) in [6, 6.07) is 9.62. The van der Waals surface area contributed by atoms with Gasteiger partial charge in [-0.1, -0.05) is 17.7 Å². The lowest BCUT2D eigenvalue weighted by molar-refractivity contribution is 0.0746. The zero-order chi connectivity index (χ0) is 21.9. The van der Waals surface area contributed by atoms with Crippen LogP contribution in [0.5, 0.6) is 5.75 Å². The molecule has 3 rings (SSSR count). The number of piperazine rings is 1. The van der Waals surface area contributed by atoms with Crippen LogP contribution in [-0.4, -0.2) is 63.5 Å². The van der Waals surface area contributed by atoms with Crippen molar-refractivity contribution < 1.29 is 17.9 Å². The summed E-state index contributed by atoms with van der Waals surface area (Å²) in [7, 11) is -2.42. The van der Waals surface area contributed by atoms with Crippen molar-refractivity contribution >= 4 is 33.3 Å². The van der Waals surface area contributed by atoms with Gasteiger partial charge in [0.25, 0.3) is 5.91 Å². The van der Waals surface area contributed by atoms with Gasteiger partial charge in [0.05, 0.1) is 7.11 Å². The molecular formula is C20H25ClN4O4S. The molecule has 1 amide bonds. The number of ether oxygens (including phenoxy) is 1. The fourth-order valence-corrected chi connectivity index (χ4v) is 4.89. The van der Waals surface area contributed by atoms with Crippen LogP contribution in [0.15, 0.2) is 41.3 Å². The third-order valence-electron chi connectivity index (χ3n) is 4.68. The largest absolute Gasteiger partial charge is 0.495 e. The van der Waals surface area contributed by atoms with E-state index in [9.17, 15) is 13.2 Å². The predicted molar refractivity (Wildman–Crippen MR) is 116 cm³/mol. The number of hydrogen-bond donors (Lipinski definition) is 1. The van der Waals surface area contributed by atoms with E-state index in [-0.39, 0.29) is 22.6 Å². The molecule has 0 radical (unpaired) electrons. The van der Waals surface area contributed by atoms with Gasteiger partial charge in [-0.25, -0.2) is 18.1 Å². The number of nitrogens with zero attached hydrogens (tertiary/aromatic N) is 3. The van der Waals surface area contributed by atoms with Crippen LogP contribution < -0.4 is 14.4 Å². The van der Waals surface area contributed by atoms with E-state index in [1.165, 1.54) is 19.2 Å². The summed E-state index contributed by atoms with van der Waals surface area (Å²) in [6.07, 6.45) is 0. The maximum atomic E-state index is 13.0. The number of benzene rings is 1. The van der Waals surface area contributed by atoms with Gasteiger partial charge in [-0.05, 0) is 44.2 Å². The minimum atomic E-state index is -3.81. The highest BCUT2D eigenvalue weighted by Gasteiger charge is 2.26. The molecule has 162 valence electrons. The van der Waals surface area contributed by atoms with Gasteiger partial charge in [-0.15, -0.1) is 0 Å². The minimum Gasteiger partial charge on any atom is -0.495 e. The standard InChI is InChI=1S/C20H25ClN4O4S/c1-14(2)23-30(27,28)17-13-15(7-8-16(17)29-3)20(26)25-11-9-24(10-12-25)19-6-4-5-18(21)22-19/h4-8,13-14,23H,9-12H2,1-3H3. The lowest BCUT2D eigenvalue weighted by Gasteiger charge is -2.35. The Bertz CT molecular complexity index is 1020. The van der Waals surface area contributed by atoms with E-state index in [0.29, 0.717) is 36.9 Å². The van der Waals surface area contributed by atoms with Crippen LogP contribution in [-0.2, 0) is 10.0 Å². The summed E-state index contributed by atoms with van der Waals surface area (Å²) in [5.74, 6) is 0.737. The highest BCUT2D eigenvalue weighted by atomic mass is 35.5. The highest BCUT2D eigenvalue weighted by molar-refractivity contribution is 7.89. The zero-order valence-corrected chi connectivity index (χ0v) is 18.7. The second-order valence-electron chi connectivity index (χ2n) is 7.24. The molecule has 1 saturated heterocycles. The van der Waals surface area contributed by atoms with E-state index in [2.05, 4.69) is 14.6 Å². The number of carbonyl (C=O) groups is 1. The molecule has 1 aliphatic heterocycles. The van der Waals surface area contributed by atoms with Crippen LogP contribution in [0.4, 0.5) is 5.82 Å². The molecule has 1 fully saturated rings. The summed E-state index contributed by atoms with van der Waals surface area (Å²) in [5.41, 5.74) is 0.300. The first-order valence-electron chi connectivity index (χ1n) is 9.58. The van der Waals surface area contributed by atoms with Crippen molar-refractivity contribution in [3.63, 3.8) is 0 Å². The Morgan fingerprint density at radius 3 is 2.47 bits per heavy atom. The van der Waals surface area contributed by atoms with E-state index in [1.807, 2.05) is 12.1 Å². The topological polar surface area (TPSA) is 91.8 Å². The van der Waals surface area contributed by atoms with Crippen molar-refractivity contribution in [2.45, 2.75) is 24.8 Å². The van der Waals surface area contributed by atoms with E-state index in [0.717, 1.165) is 5.82 Å². The number of carbonyl (C=O) groups excluding carboxylic acids is 1. The number of nitrogens with one attached hydrogen (secondary N) is 1. The van der Waals surface area contributed by atoms with Crippen LogP contribution in [0.1, 0.15) is 24.2 Å². The third kappa shape index (κ3) is 5.03. The molecule has 10 heteroatoms. The molecule has 0 atom stereocenters. The summed E-state index contributed by atoms with van der Waals surface area (Å²) >= 11 is 5.96. The summed E-state index contributed by atoms with van der Waals surface area (Å²) in [4.78, 5) is 21.0. The van der Waals surface area contributed by atoms with Crippen molar-refractivity contribution in [3.8, 4) is 5.75 Å². The predicted octanol–water partition coefficient (Wildman–Crippen LogP) is 2.39. The Balaban J connectivity index is 1.77. The quantitative estimate of drug-likeness (QED) is 0.676. The number of rotatable bonds is 6. The van der Waals surface area contributed by atoms with Crippen LogP contribution >= 0.6 is 11.6 Å². The second kappa shape index (κ2) is 9.20. The van der Waals surface area contributed by atoms with Crippen LogP contribution in [0.2, 0.25) is 5.15 Å². The van der Waals surface area contributed by atoms with Crippen molar-refractivity contribution in [2.24, 2.45) is 0 Å². The lowest BCUT2D eigenvalue weighted by Crippen LogP contribution is -2.49. The SMILES string of the molecule is COc1ccc(C(=O)N2CCN(c3cccc(Cl)n3)CC2)cc1S(=O)(=O)NC(C)C. The number of halogens is 1. The summed E-state index contributed by atoms with van der Waals surface area (Å²) < 4.78 is 33.0. The molecule has 30 heavy (non-hydrogen) atoms. The van der Waals surface area contributed by atoms with Gasteiger partial charge in [-0.2, -0.15) is 0 Å². The van der Waals surface area contributed by atoms with E-state index < -0.39 is 10.0 Å².